The standard InChI is InChI=1S/C19H27NO2S/c1-14-12-19(21,18(3)11-10-17(14)15(18)2)13-23(22,20-4)16-8-6-5-7-9-16/h5-9,14,17,21H,2,10-13H2,1,3-4H3/t14-,17-,18+,19+,23-/m0/s1. The Balaban J connectivity index is 2.04. The summed E-state index contributed by atoms with van der Waals surface area (Å²) in [4.78, 5) is 0.706. The highest BCUT2D eigenvalue weighted by Crippen LogP contribution is 2.61. The molecule has 2 saturated carbocycles. The van der Waals surface area contributed by atoms with E-state index in [2.05, 4.69) is 24.8 Å². The van der Waals surface area contributed by atoms with Crippen LogP contribution in [0.3, 0.4) is 0 Å². The van der Waals surface area contributed by atoms with Crippen molar-refractivity contribution in [3.63, 3.8) is 0 Å². The average molecular weight is 333 g/mol. The highest BCUT2D eigenvalue weighted by atomic mass is 32.2. The average Bonchev–Trinajstić information content (AvgIpc) is 2.80. The van der Waals surface area contributed by atoms with Crippen molar-refractivity contribution >= 4 is 9.73 Å². The molecule has 1 N–H and O–H groups in total. The third kappa shape index (κ3) is 2.38. The molecular formula is C19H27NO2S. The molecule has 0 aromatic heterocycles. The Hall–Kier alpha value is -1.13. The number of hydrogen-bond acceptors (Lipinski definition) is 3. The largest absolute Gasteiger partial charge is 0.388 e. The minimum Gasteiger partial charge on any atom is -0.388 e. The summed E-state index contributed by atoms with van der Waals surface area (Å²) in [5.41, 5.74) is -0.223. The molecule has 2 aliphatic carbocycles. The molecule has 0 amide bonds. The third-order valence-electron chi connectivity index (χ3n) is 6.33. The summed E-state index contributed by atoms with van der Waals surface area (Å²) < 4.78 is 17.7. The monoisotopic (exact) mass is 333 g/mol. The summed E-state index contributed by atoms with van der Waals surface area (Å²) in [6.07, 6.45) is 2.67. The summed E-state index contributed by atoms with van der Waals surface area (Å²) in [6.45, 7) is 8.58. The van der Waals surface area contributed by atoms with E-state index in [9.17, 15) is 9.32 Å². The maximum absolute atomic E-state index is 13.5. The Morgan fingerprint density at radius 3 is 2.65 bits per heavy atom. The quantitative estimate of drug-likeness (QED) is 0.853. The minimum atomic E-state index is -2.64. The second-order valence-electron chi connectivity index (χ2n) is 7.50. The molecule has 0 saturated heterocycles. The Kier molecular flexibility index (Phi) is 3.96. The van der Waals surface area contributed by atoms with Crippen LogP contribution in [0.25, 0.3) is 0 Å². The third-order valence-corrected chi connectivity index (χ3v) is 8.79. The Morgan fingerprint density at radius 1 is 1.39 bits per heavy atom. The van der Waals surface area contributed by atoms with E-state index in [0.717, 1.165) is 18.4 Å². The maximum Gasteiger partial charge on any atom is 0.0867 e. The van der Waals surface area contributed by atoms with Crippen LogP contribution in [0.15, 0.2) is 51.7 Å². The SMILES string of the molecule is C=C1[C@H]2CC[C@@]1(C)[C@](O)(C[S@@](=O)(=NC)c1ccccc1)C[C@@H]2C. The van der Waals surface area contributed by atoms with Gasteiger partial charge in [-0.2, -0.15) is 0 Å². The van der Waals surface area contributed by atoms with Crippen LogP contribution >= 0.6 is 0 Å². The molecule has 4 heteroatoms. The molecule has 1 aromatic carbocycles. The van der Waals surface area contributed by atoms with Gasteiger partial charge in [-0.15, -0.1) is 0 Å². The molecular weight excluding hydrogens is 306 g/mol. The van der Waals surface area contributed by atoms with Crippen LogP contribution in [0.5, 0.6) is 0 Å². The summed E-state index contributed by atoms with van der Waals surface area (Å²) >= 11 is 0. The van der Waals surface area contributed by atoms with E-state index in [1.807, 2.05) is 30.3 Å². The van der Waals surface area contributed by atoms with E-state index >= 15 is 0 Å². The molecule has 1 aromatic rings. The van der Waals surface area contributed by atoms with Gasteiger partial charge in [0.05, 0.1) is 21.1 Å². The van der Waals surface area contributed by atoms with Crippen LogP contribution in [0.1, 0.15) is 33.1 Å². The summed E-state index contributed by atoms with van der Waals surface area (Å²) in [5, 5.41) is 11.6. The van der Waals surface area contributed by atoms with Crippen molar-refractivity contribution in [1.82, 2.24) is 0 Å². The van der Waals surface area contributed by atoms with Gasteiger partial charge in [0.15, 0.2) is 0 Å². The fourth-order valence-corrected chi connectivity index (χ4v) is 6.85. The van der Waals surface area contributed by atoms with Gasteiger partial charge < -0.3 is 5.11 Å². The van der Waals surface area contributed by atoms with Crippen LogP contribution < -0.4 is 0 Å². The predicted octanol–water partition coefficient (Wildman–Crippen LogP) is 3.89. The van der Waals surface area contributed by atoms with Crippen molar-refractivity contribution in [2.24, 2.45) is 21.6 Å². The van der Waals surface area contributed by atoms with Gasteiger partial charge in [-0.05, 0) is 43.2 Å². The van der Waals surface area contributed by atoms with E-state index in [1.165, 1.54) is 0 Å². The topological polar surface area (TPSA) is 49.7 Å². The molecule has 2 aliphatic rings. The summed E-state index contributed by atoms with van der Waals surface area (Å²) in [7, 11) is -1.04. The number of aliphatic hydroxyl groups is 1. The van der Waals surface area contributed by atoms with Crippen molar-refractivity contribution in [3.05, 3.63) is 42.5 Å². The van der Waals surface area contributed by atoms with E-state index in [0.29, 0.717) is 23.2 Å². The minimum absolute atomic E-state index is 0.188. The van der Waals surface area contributed by atoms with Crippen molar-refractivity contribution < 1.29 is 9.32 Å². The first kappa shape index (κ1) is 16.7. The fourth-order valence-electron chi connectivity index (χ4n) is 4.68. The molecule has 3 rings (SSSR count). The smallest absolute Gasteiger partial charge is 0.0867 e. The Morgan fingerprint density at radius 2 is 2.04 bits per heavy atom. The fraction of sp³-hybridized carbons (Fsp3) is 0.579. The number of nitrogens with zero attached hydrogens (tertiary/aromatic N) is 1. The maximum atomic E-state index is 13.5. The number of fused-ring (bicyclic) bond motifs is 2. The van der Waals surface area contributed by atoms with Gasteiger partial charge in [0.2, 0.25) is 0 Å². The van der Waals surface area contributed by atoms with E-state index in [1.54, 1.807) is 7.05 Å². The Labute approximate surface area is 140 Å². The lowest BCUT2D eigenvalue weighted by molar-refractivity contribution is -0.0641. The van der Waals surface area contributed by atoms with Crippen LogP contribution in [0.4, 0.5) is 0 Å². The Bertz CT molecular complexity index is 735. The van der Waals surface area contributed by atoms with Gasteiger partial charge in [0, 0.05) is 17.4 Å². The van der Waals surface area contributed by atoms with Crippen molar-refractivity contribution in [2.75, 3.05) is 12.8 Å². The molecule has 5 atom stereocenters. The predicted molar refractivity (Wildman–Crippen MR) is 94.8 cm³/mol. The van der Waals surface area contributed by atoms with Crippen LogP contribution in [0.2, 0.25) is 0 Å². The lowest BCUT2D eigenvalue weighted by Crippen LogP contribution is -2.54. The lowest BCUT2D eigenvalue weighted by atomic mass is 9.61. The van der Waals surface area contributed by atoms with Gasteiger partial charge in [0.1, 0.15) is 0 Å². The zero-order valence-electron chi connectivity index (χ0n) is 14.3. The van der Waals surface area contributed by atoms with Crippen LogP contribution in [-0.2, 0) is 9.73 Å². The van der Waals surface area contributed by atoms with Gasteiger partial charge in [-0.1, -0.05) is 44.2 Å². The second kappa shape index (κ2) is 5.45. The molecule has 0 spiro atoms. The molecule has 23 heavy (non-hydrogen) atoms. The first-order valence-electron chi connectivity index (χ1n) is 8.35. The molecule has 126 valence electrons. The molecule has 0 radical (unpaired) electrons. The van der Waals surface area contributed by atoms with Crippen LogP contribution in [0, 0.1) is 17.3 Å². The number of benzene rings is 1. The van der Waals surface area contributed by atoms with E-state index in [-0.39, 0.29) is 11.2 Å². The summed E-state index contributed by atoms with van der Waals surface area (Å²) in [6, 6.07) is 9.35. The number of hydrogen-bond donors (Lipinski definition) is 1. The van der Waals surface area contributed by atoms with E-state index < -0.39 is 15.3 Å². The van der Waals surface area contributed by atoms with Gasteiger partial charge in [0.25, 0.3) is 0 Å². The van der Waals surface area contributed by atoms with Gasteiger partial charge in [-0.3, -0.25) is 0 Å². The highest BCUT2D eigenvalue weighted by Gasteiger charge is 2.59. The molecule has 0 heterocycles. The molecule has 2 fully saturated rings. The first-order valence-corrected chi connectivity index (χ1v) is 10.0. The lowest BCUT2D eigenvalue weighted by Gasteiger charge is -2.50. The van der Waals surface area contributed by atoms with Crippen molar-refractivity contribution in [2.45, 2.75) is 43.6 Å². The zero-order valence-corrected chi connectivity index (χ0v) is 15.1. The molecule has 3 nitrogen and oxygen atoms in total. The second-order valence-corrected chi connectivity index (χ2v) is 9.90. The number of rotatable bonds is 3. The molecule has 0 aliphatic heterocycles. The zero-order chi connectivity index (χ0) is 16.9. The summed E-state index contributed by atoms with van der Waals surface area (Å²) in [5.74, 6) is 1.05. The highest BCUT2D eigenvalue weighted by molar-refractivity contribution is 7.93. The normalized spacial score (nSPS) is 39.0. The van der Waals surface area contributed by atoms with Crippen molar-refractivity contribution in [3.8, 4) is 0 Å². The van der Waals surface area contributed by atoms with Crippen molar-refractivity contribution in [1.29, 1.82) is 0 Å². The van der Waals surface area contributed by atoms with Crippen LogP contribution in [-0.4, -0.2) is 27.7 Å². The van der Waals surface area contributed by atoms with E-state index in [4.69, 9.17) is 0 Å². The molecule has 2 bridgehead atoms. The first-order chi connectivity index (χ1) is 10.8. The molecule has 0 unspecified atom stereocenters. The van der Waals surface area contributed by atoms with Gasteiger partial charge >= 0.3 is 0 Å². The van der Waals surface area contributed by atoms with Gasteiger partial charge in [-0.25, -0.2) is 8.57 Å².